The van der Waals surface area contributed by atoms with Gasteiger partial charge in [0, 0.05) is 45.6 Å². The lowest BCUT2D eigenvalue weighted by Gasteiger charge is -2.25. The summed E-state index contributed by atoms with van der Waals surface area (Å²) in [6.45, 7) is 5.26. The minimum Gasteiger partial charge on any atom is -0.467 e. The van der Waals surface area contributed by atoms with Gasteiger partial charge in [-0.25, -0.2) is 0 Å². The van der Waals surface area contributed by atoms with Crippen LogP contribution in [-0.4, -0.2) is 55.5 Å². The van der Waals surface area contributed by atoms with Crippen molar-refractivity contribution < 1.29 is 18.7 Å². The molecule has 1 saturated heterocycles. The Morgan fingerprint density at radius 1 is 1.30 bits per heavy atom. The summed E-state index contributed by atoms with van der Waals surface area (Å²) >= 11 is 0. The van der Waals surface area contributed by atoms with E-state index in [4.69, 9.17) is 9.15 Å². The summed E-state index contributed by atoms with van der Waals surface area (Å²) in [5.41, 5.74) is 0. The highest BCUT2D eigenvalue weighted by Crippen LogP contribution is 2.11. The first kappa shape index (κ1) is 23.4. The summed E-state index contributed by atoms with van der Waals surface area (Å²) in [5, 5.41) is 6.31. The Labute approximate surface area is 177 Å². The van der Waals surface area contributed by atoms with Gasteiger partial charge >= 0.3 is 0 Å². The number of rotatable bonds is 10. The van der Waals surface area contributed by atoms with Crippen LogP contribution in [0.3, 0.4) is 0 Å². The predicted octanol–water partition coefficient (Wildman–Crippen LogP) is 1.90. The number of hydrogen-bond acceptors (Lipinski definition) is 5. The molecule has 0 radical (unpaired) electrons. The molecule has 1 aromatic rings. The van der Waals surface area contributed by atoms with Gasteiger partial charge in [0.15, 0.2) is 5.96 Å². The Morgan fingerprint density at radius 2 is 2.07 bits per heavy atom. The minimum absolute atomic E-state index is 0. The SMILES string of the molecule is CCNC(=NCCCOCc1ccco1)NCCN1C(=O)CCCC1=O.I. The fraction of sp³-hybridized carbons (Fsp3) is 0.611. The number of piperidine rings is 1. The van der Waals surface area contributed by atoms with E-state index in [2.05, 4.69) is 15.6 Å². The van der Waals surface area contributed by atoms with Gasteiger partial charge in [-0.3, -0.25) is 19.5 Å². The number of halogens is 1. The van der Waals surface area contributed by atoms with Crippen molar-refractivity contribution in [3.05, 3.63) is 24.2 Å². The summed E-state index contributed by atoms with van der Waals surface area (Å²) < 4.78 is 10.7. The predicted molar refractivity (Wildman–Crippen MR) is 113 cm³/mol. The van der Waals surface area contributed by atoms with Crippen LogP contribution < -0.4 is 10.6 Å². The summed E-state index contributed by atoms with van der Waals surface area (Å²) in [4.78, 5) is 29.4. The molecule has 2 rings (SSSR count). The number of hydrogen-bond donors (Lipinski definition) is 2. The molecule has 152 valence electrons. The number of nitrogens with zero attached hydrogens (tertiary/aromatic N) is 2. The third-order valence-electron chi connectivity index (χ3n) is 3.90. The summed E-state index contributed by atoms with van der Waals surface area (Å²) in [6, 6.07) is 3.71. The third-order valence-corrected chi connectivity index (χ3v) is 3.90. The molecule has 0 spiro atoms. The molecule has 2 heterocycles. The molecule has 8 nitrogen and oxygen atoms in total. The van der Waals surface area contributed by atoms with E-state index < -0.39 is 0 Å². The molecule has 2 N–H and O–H groups in total. The lowest BCUT2D eigenvalue weighted by atomic mass is 10.1. The third kappa shape index (κ3) is 8.74. The highest BCUT2D eigenvalue weighted by molar-refractivity contribution is 14.0. The van der Waals surface area contributed by atoms with Gasteiger partial charge < -0.3 is 19.8 Å². The Balaban J connectivity index is 0.00000364. The van der Waals surface area contributed by atoms with E-state index >= 15 is 0 Å². The maximum atomic E-state index is 11.8. The van der Waals surface area contributed by atoms with Crippen LogP contribution in [0.4, 0.5) is 0 Å². The zero-order valence-corrected chi connectivity index (χ0v) is 18.1. The van der Waals surface area contributed by atoms with Gasteiger partial charge in [-0.05, 0) is 31.9 Å². The number of imide groups is 1. The number of ether oxygens (including phenoxy) is 1. The molecule has 0 bridgehead atoms. The van der Waals surface area contributed by atoms with Crippen LogP contribution in [-0.2, 0) is 20.9 Å². The van der Waals surface area contributed by atoms with Gasteiger partial charge in [0.05, 0.1) is 6.26 Å². The van der Waals surface area contributed by atoms with Gasteiger partial charge in [-0.2, -0.15) is 0 Å². The topological polar surface area (TPSA) is 96.2 Å². The number of guanidine groups is 1. The van der Waals surface area contributed by atoms with E-state index in [0.29, 0.717) is 58.1 Å². The Bertz CT molecular complexity index is 576. The van der Waals surface area contributed by atoms with E-state index in [1.807, 2.05) is 19.1 Å². The second-order valence-corrected chi connectivity index (χ2v) is 5.97. The Morgan fingerprint density at radius 3 is 2.74 bits per heavy atom. The summed E-state index contributed by atoms with van der Waals surface area (Å²) in [5.74, 6) is 1.32. The number of carbonyl (C=O) groups excluding carboxylic acids is 2. The van der Waals surface area contributed by atoms with Crippen LogP contribution in [0.15, 0.2) is 27.8 Å². The average molecular weight is 492 g/mol. The van der Waals surface area contributed by atoms with Gasteiger partial charge in [0.1, 0.15) is 12.4 Å². The van der Waals surface area contributed by atoms with E-state index in [9.17, 15) is 9.59 Å². The van der Waals surface area contributed by atoms with Crippen molar-refractivity contribution in [2.45, 2.75) is 39.2 Å². The van der Waals surface area contributed by atoms with Crippen LogP contribution >= 0.6 is 24.0 Å². The second-order valence-electron chi connectivity index (χ2n) is 5.97. The monoisotopic (exact) mass is 492 g/mol. The normalized spacial score (nSPS) is 14.9. The highest BCUT2D eigenvalue weighted by Gasteiger charge is 2.25. The van der Waals surface area contributed by atoms with Crippen LogP contribution in [0.2, 0.25) is 0 Å². The van der Waals surface area contributed by atoms with Crippen molar-refractivity contribution in [3.63, 3.8) is 0 Å². The quantitative estimate of drug-likeness (QED) is 0.170. The summed E-state index contributed by atoms with van der Waals surface area (Å²) in [6.07, 6.45) is 3.99. The van der Waals surface area contributed by atoms with Gasteiger partial charge in [-0.15, -0.1) is 24.0 Å². The van der Waals surface area contributed by atoms with Crippen molar-refractivity contribution >= 4 is 41.8 Å². The van der Waals surface area contributed by atoms with Crippen LogP contribution in [0, 0.1) is 0 Å². The summed E-state index contributed by atoms with van der Waals surface area (Å²) in [7, 11) is 0. The first-order valence-corrected chi connectivity index (χ1v) is 9.16. The van der Waals surface area contributed by atoms with E-state index in [1.165, 1.54) is 4.90 Å². The lowest BCUT2D eigenvalue weighted by Crippen LogP contribution is -2.46. The fourth-order valence-corrected chi connectivity index (χ4v) is 2.60. The van der Waals surface area contributed by atoms with E-state index in [0.717, 1.165) is 18.7 Å². The van der Waals surface area contributed by atoms with Crippen molar-refractivity contribution in [3.8, 4) is 0 Å². The number of likely N-dealkylation sites (tertiary alicyclic amines) is 1. The van der Waals surface area contributed by atoms with Gasteiger partial charge in [0.25, 0.3) is 0 Å². The molecule has 0 saturated carbocycles. The second kappa shape index (κ2) is 13.5. The van der Waals surface area contributed by atoms with Crippen LogP contribution in [0.1, 0.15) is 38.4 Å². The molecule has 1 aliphatic heterocycles. The molecule has 2 amide bonds. The number of nitrogens with one attached hydrogen (secondary N) is 2. The largest absolute Gasteiger partial charge is 0.467 e. The number of aliphatic imine (C=N–C) groups is 1. The smallest absolute Gasteiger partial charge is 0.229 e. The molecular formula is C18H29IN4O4. The Kier molecular flexibility index (Phi) is 11.7. The molecule has 0 aliphatic carbocycles. The highest BCUT2D eigenvalue weighted by atomic mass is 127. The lowest BCUT2D eigenvalue weighted by molar-refractivity contribution is -0.147. The number of amides is 2. The fourth-order valence-electron chi connectivity index (χ4n) is 2.60. The molecule has 0 unspecified atom stereocenters. The molecule has 1 aromatic heterocycles. The standard InChI is InChI=1S/C18H28N4O4.HI/c1-2-19-18(20-9-5-12-25-14-15-6-4-13-26-15)21-10-11-22-16(23)7-3-8-17(22)24;/h4,6,13H,2-3,5,7-12,14H2,1H3,(H2,19,20,21);1H. The zero-order valence-electron chi connectivity index (χ0n) is 15.7. The first-order chi connectivity index (χ1) is 12.7. The van der Waals surface area contributed by atoms with Crippen molar-refractivity contribution in [2.24, 2.45) is 4.99 Å². The molecule has 0 atom stereocenters. The molecular weight excluding hydrogens is 463 g/mol. The van der Waals surface area contributed by atoms with Crippen LogP contribution in [0.5, 0.6) is 0 Å². The van der Waals surface area contributed by atoms with Gasteiger partial charge in [0.2, 0.25) is 11.8 Å². The van der Waals surface area contributed by atoms with Crippen molar-refractivity contribution in [1.82, 2.24) is 15.5 Å². The Hall–Kier alpha value is -1.62. The molecule has 1 aliphatic rings. The number of furan rings is 1. The molecule has 1 fully saturated rings. The molecule has 9 heteroatoms. The molecule has 0 aromatic carbocycles. The van der Waals surface area contributed by atoms with Crippen LogP contribution in [0.25, 0.3) is 0 Å². The maximum Gasteiger partial charge on any atom is 0.229 e. The first-order valence-electron chi connectivity index (χ1n) is 9.16. The van der Waals surface area contributed by atoms with E-state index in [-0.39, 0.29) is 35.8 Å². The zero-order chi connectivity index (χ0) is 18.6. The van der Waals surface area contributed by atoms with E-state index in [1.54, 1.807) is 6.26 Å². The van der Waals surface area contributed by atoms with Crippen molar-refractivity contribution in [2.75, 3.05) is 32.8 Å². The maximum absolute atomic E-state index is 11.8. The minimum atomic E-state index is -0.0845. The average Bonchev–Trinajstić information content (AvgIpc) is 3.13. The van der Waals surface area contributed by atoms with Gasteiger partial charge in [-0.1, -0.05) is 0 Å². The number of carbonyl (C=O) groups is 2. The van der Waals surface area contributed by atoms with Crippen molar-refractivity contribution in [1.29, 1.82) is 0 Å². The molecule has 27 heavy (non-hydrogen) atoms.